The number of benzene rings is 1. The highest BCUT2D eigenvalue weighted by atomic mass is 19.1. The second-order valence-corrected chi connectivity index (χ2v) is 5.23. The molecule has 1 saturated heterocycles. The van der Waals surface area contributed by atoms with Crippen LogP contribution in [-0.2, 0) is 6.54 Å². The third kappa shape index (κ3) is 2.83. The summed E-state index contributed by atoms with van der Waals surface area (Å²) in [5.41, 5.74) is 0.205. The van der Waals surface area contributed by atoms with Gasteiger partial charge in [-0.15, -0.1) is 0 Å². The van der Waals surface area contributed by atoms with Crippen LogP contribution in [0.1, 0.15) is 25.8 Å². The van der Waals surface area contributed by atoms with Crippen LogP contribution in [0.2, 0.25) is 0 Å². The second kappa shape index (κ2) is 5.13. The first-order valence-corrected chi connectivity index (χ1v) is 6.23. The first kappa shape index (κ1) is 12.5. The molecule has 17 heavy (non-hydrogen) atoms. The largest absolute Gasteiger partial charge is 0.299 e. The van der Waals surface area contributed by atoms with Gasteiger partial charge in [-0.2, -0.15) is 0 Å². The Morgan fingerprint density at radius 1 is 1.29 bits per heavy atom. The quantitative estimate of drug-likeness (QED) is 0.781. The van der Waals surface area contributed by atoms with Crippen LogP contribution < -0.4 is 0 Å². The first-order chi connectivity index (χ1) is 8.08. The van der Waals surface area contributed by atoms with Crippen molar-refractivity contribution in [1.29, 1.82) is 0 Å². The molecule has 1 aromatic rings. The van der Waals surface area contributed by atoms with Crippen molar-refractivity contribution >= 4 is 0 Å². The minimum Gasteiger partial charge on any atom is -0.299 e. The van der Waals surface area contributed by atoms with Crippen molar-refractivity contribution in [3.63, 3.8) is 0 Å². The Kier molecular flexibility index (Phi) is 3.77. The zero-order chi connectivity index (χ0) is 12.4. The van der Waals surface area contributed by atoms with E-state index in [0.29, 0.717) is 18.4 Å². The summed E-state index contributed by atoms with van der Waals surface area (Å²) in [7, 11) is 0. The molecule has 0 amide bonds. The summed E-state index contributed by atoms with van der Waals surface area (Å²) in [4.78, 5) is 2.14. The molecule has 0 aliphatic carbocycles. The number of hydrogen-bond acceptors (Lipinski definition) is 1. The van der Waals surface area contributed by atoms with E-state index in [2.05, 4.69) is 18.7 Å². The highest BCUT2D eigenvalue weighted by Crippen LogP contribution is 2.26. The Morgan fingerprint density at radius 2 is 1.94 bits per heavy atom. The average Bonchev–Trinajstić information content (AvgIpc) is 2.72. The fourth-order valence-electron chi connectivity index (χ4n) is 2.46. The lowest BCUT2D eigenvalue weighted by Gasteiger charge is -2.18. The lowest BCUT2D eigenvalue weighted by Crippen LogP contribution is -2.22. The normalized spacial score (nSPS) is 21.4. The zero-order valence-corrected chi connectivity index (χ0v) is 10.4. The predicted octanol–water partition coefficient (Wildman–Crippen LogP) is 3.44. The van der Waals surface area contributed by atoms with Crippen molar-refractivity contribution in [2.75, 3.05) is 13.1 Å². The molecule has 0 unspecified atom stereocenters. The lowest BCUT2D eigenvalue weighted by atomic mass is 9.95. The SMILES string of the molecule is CC(C)[C@@H]1CCN(Cc2c(F)cccc2F)C1. The molecule has 0 bridgehead atoms. The van der Waals surface area contributed by atoms with Gasteiger partial charge in [0.2, 0.25) is 0 Å². The fourth-order valence-corrected chi connectivity index (χ4v) is 2.46. The minimum atomic E-state index is -0.432. The fraction of sp³-hybridized carbons (Fsp3) is 0.571. The van der Waals surface area contributed by atoms with E-state index in [1.165, 1.54) is 18.2 Å². The molecular formula is C14H19F2N. The van der Waals surface area contributed by atoms with Gasteiger partial charge in [-0.25, -0.2) is 8.78 Å². The summed E-state index contributed by atoms with van der Waals surface area (Å²) in [6, 6.07) is 4.07. The molecule has 1 fully saturated rings. The van der Waals surface area contributed by atoms with Gasteiger partial charge in [-0.1, -0.05) is 19.9 Å². The molecule has 1 nitrogen and oxygen atoms in total. The van der Waals surface area contributed by atoms with E-state index in [1.54, 1.807) is 0 Å². The van der Waals surface area contributed by atoms with E-state index < -0.39 is 11.6 Å². The second-order valence-electron chi connectivity index (χ2n) is 5.23. The summed E-state index contributed by atoms with van der Waals surface area (Å²) < 4.78 is 27.0. The topological polar surface area (TPSA) is 3.24 Å². The Bertz CT molecular complexity index is 370. The third-order valence-corrected chi connectivity index (χ3v) is 3.70. The van der Waals surface area contributed by atoms with Crippen LogP contribution in [0.4, 0.5) is 8.78 Å². The molecule has 0 saturated carbocycles. The van der Waals surface area contributed by atoms with Crippen LogP contribution in [0.5, 0.6) is 0 Å². The molecule has 0 radical (unpaired) electrons. The maximum atomic E-state index is 13.5. The molecule has 0 aromatic heterocycles. The Labute approximate surface area is 101 Å². The van der Waals surface area contributed by atoms with Crippen molar-refractivity contribution in [2.24, 2.45) is 11.8 Å². The van der Waals surface area contributed by atoms with Gasteiger partial charge in [0.05, 0.1) is 0 Å². The number of halogens is 2. The average molecular weight is 239 g/mol. The Balaban J connectivity index is 2.03. The molecule has 1 aliphatic rings. The molecular weight excluding hydrogens is 220 g/mol. The number of likely N-dealkylation sites (tertiary alicyclic amines) is 1. The highest BCUT2D eigenvalue weighted by molar-refractivity contribution is 5.19. The van der Waals surface area contributed by atoms with Crippen LogP contribution in [0.3, 0.4) is 0 Å². The Hall–Kier alpha value is -0.960. The highest BCUT2D eigenvalue weighted by Gasteiger charge is 2.25. The van der Waals surface area contributed by atoms with Crippen molar-refractivity contribution in [1.82, 2.24) is 4.90 Å². The monoisotopic (exact) mass is 239 g/mol. The van der Waals surface area contributed by atoms with Gasteiger partial charge in [0.1, 0.15) is 11.6 Å². The molecule has 1 atom stereocenters. The van der Waals surface area contributed by atoms with Crippen LogP contribution in [0.15, 0.2) is 18.2 Å². The van der Waals surface area contributed by atoms with E-state index >= 15 is 0 Å². The summed E-state index contributed by atoms with van der Waals surface area (Å²) in [5, 5.41) is 0. The van der Waals surface area contributed by atoms with Gasteiger partial charge >= 0.3 is 0 Å². The van der Waals surface area contributed by atoms with E-state index in [-0.39, 0.29) is 5.56 Å². The number of rotatable bonds is 3. The van der Waals surface area contributed by atoms with E-state index in [0.717, 1.165) is 19.5 Å². The Morgan fingerprint density at radius 3 is 2.47 bits per heavy atom. The maximum Gasteiger partial charge on any atom is 0.130 e. The van der Waals surface area contributed by atoms with Crippen molar-refractivity contribution in [2.45, 2.75) is 26.8 Å². The van der Waals surface area contributed by atoms with Gasteiger partial charge in [-0.05, 0) is 36.9 Å². The van der Waals surface area contributed by atoms with E-state index in [9.17, 15) is 8.78 Å². The zero-order valence-electron chi connectivity index (χ0n) is 10.4. The molecule has 0 spiro atoms. The molecule has 1 heterocycles. The van der Waals surface area contributed by atoms with Crippen molar-refractivity contribution in [3.8, 4) is 0 Å². The molecule has 1 aromatic carbocycles. The van der Waals surface area contributed by atoms with E-state index in [1.807, 2.05) is 0 Å². The molecule has 94 valence electrons. The predicted molar refractivity (Wildman–Crippen MR) is 64.6 cm³/mol. The van der Waals surface area contributed by atoms with Gasteiger partial charge < -0.3 is 0 Å². The number of nitrogens with zero attached hydrogens (tertiary/aromatic N) is 1. The van der Waals surface area contributed by atoms with Gasteiger partial charge in [-0.3, -0.25) is 4.90 Å². The minimum absolute atomic E-state index is 0.205. The van der Waals surface area contributed by atoms with Gasteiger partial charge in [0.25, 0.3) is 0 Å². The summed E-state index contributed by atoms with van der Waals surface area (Å²) in [6.07, 6.45) is 1.13. The van der Waals surface area contributed by atoms with Gasteiger partial charge in [0.15, 0.2) is 0 Å². The smallest absolute Gasteiger partial charge is 0.130 e. The van der Waals surface area contributed by atoms with Crippen LogP contribution >= 0.6 is 0 Å². The standard InChI is InChI=1S/C14H19F2N/c1-10(2)11-6-7-17(8-11)9-12-13(15)4-3-5-14(12)16/h3-5,10-11H,6-9H2,1-2H3/t11-/m1/s1. The van der Waals surface area contributed by atoms with E-state index in [4.69, 9.17) is 0 Å². The van der Waals surface area contributed by atoms with Crippen molar-refractivity contribution in [3.05, 3.63) is 35.4 Å². The summed E-state index contributed by atoms with van der Waals surface area (Å²) in [6.45, 7) is 6.69. The summed E-state index contributed by atoms with van der Waals surface area (Å²) >= 11 is 0. The molecule has 2 rings (SSSR count). The molecule has 3 heteroatoms. The summed E-state index contributed by atoms with van der Waals surface area (Å²) in [5.74, 6) is 0.436. The van der Waals surface area contributed by atoms with Crippen LogP contribution in [-0.4, -0.2) is 18.0 Å². The van der Waals surface area contributed by atoms with Crippen molar-refractivity contribution < 1.29 is 8.78 Å². The van der Waals surface area contributed by atoms with Crippen LogP contribution in [0, 0.1) is 23.5 Å². The lowest BCUT2D eigenvalue weighted by molar-refractivity contribution is 0.288. The maximum absolute atomic E-state index is 13.5. The number of hydrogen-bond donors (Lipinski definition) is 0. The third-order valence-electron chi connectivity index (χ3n) is 3.70. The van der Waals surface area contributed by atoms with Crippen LogP contribution in [0.25, 0.3) is 0 Å². The molecule has 1 aliphatic heterocycles. The molecule has 0 N–H and O–H groups in total. The van der Waals surface area contributed by atoms with Gasteiger partial charge in [0, 0.05) is 18.7 Å². The first-order valence-electron chi connectivity index (χ1n) is 6.23.